The maximum atomic E-state index is 11.9. The van der Waals surface area contributed by atoms with E-state index in [9.17, 15) is 22.8 Å². The third kappa shape index (κ3) is 7.25. The van der Waals surface area contributed by atoms with E-state index in [0.717, 1.165) is 5.75 Å². The van der Waals surface area contributed by atoms with Gasteiger partial charge in [0.25, 0.3) is 0 Å². The summed E-state index contributed by atoms with van der Waals surface area (Å²) in [6.07, 6.45) is 0. The molecule has 0 spiro atoms. The summed E-state index contributed by atoms with van der Waals surface area (Å²) >= 11 is 1.97. The molecule has 0 radical (unpaired) electrons. The highest BCUT2D eigenvalue weighted by Crippen LogP contribution is 2.41. The van der Waals surface area contributed by atoms with Crippen LogP contribution in [0.15, 0.2) is 0 Å². The second kappa shape index (κ2) is 10.8. The number of urea groups is 3. The van der Waals surface area contributed by atoms with Gasteiger partial charge < -0.3 is 31.9 Å². The van der Waals surface area contributed by atoms with Crippen LogP contribution in [0.3, 0.4) is 0 Å². The fourth-order valence-electron chi connectivity index (χ4n) is 6.29. The van der Waals surface area contributed by atoms with Crippen LogP contribution in [0.25, 0.3) is 0 Å². The van der Waals surface area contributed by atoms with Crippen LogP contribution in [-0.4, -0.2) is 84.8 Å². The number of fused-ring (bicyclic) bond motifs is 2. The van der Waals surface area contributed by atoms with Crippen LogP contribution in [-0.2, 0) is 9.84 Å². The first-order chi connectivity index (χ1) is 17.6. The molecule has 39 heavy (non-hydrogen) atoms. The highest BCUT2D eigenvalue weighted by atomic mass is 32.2. The van der Waals surface area contributed by atoms with Crippen LogP contribution < -0.4 is 31.9 Å². The molecule has 5 aliphatic heterocycles. The molecule has 5 saturated heterocycles. The van der Waals surface area contributed by atoms with E-state index < -0.39 is 15.1 Å². The quantitative estimate of drug-likeness (QED) is 0.238. The van der Waals surface area contributed by atoms with Crippen LogP contribution in [0.4, 0.5) is 14.4 Å². The number of rotatable bonds is 0. The Balaban J connectivity index is 0.000000164. The number of nitrogens with one attached hydrogen (secondary N) is 6. The lowest BCUT2D eigenvalue weighted by Gasteiger charge is -2.30. The predicted octanol–water partition coefficient (Wildman–Crippen LogP) is 2.18. The maximum Gasteiger partial charge on any atom is 0.315 e. The molecule has 2 unspecified atom stereocenters. The molecule has 0 bridgehead atoms. The van der Waals surface area contributed by atoms with Gasteiger partial charge in [0.1, 0.15) is 0 Å². The molecule has 5 rings (SSSR count). The summed E-state index contributed by atoms with van der Waals surface area (Å²) in [7, 11) is -3.10. The van der Waals surface area contributed by atoms with Gasteiger partial charge in [0.15, 0.2) is 9.84 Å². The monoisotopic (exact) mass is 588 g/mol. The Morgan fingerprint density at radius 1 is 0.667 bits per heavy atom. The fraction of sp³-hybridized carbons (Fsp3) is 0.885. The van der Waals surface area contributed by atoms with Gasteiger partial charge in [0, 0.05) is 17.0 Å². The molecule has 13 heteroatoms. The standard InChI is InChI=1S/C9H16N2O3S.C9H16N2OS.C8H16N2O/c1-9(2,3)7-6-5(4-15(7,13)14)10-8(12)11-6;1-9(2,3)7-6-5(4-13-7)10-8(12)11-6;1-5-6(8(2,3)4)10-7(11)9-5/h5-7H,4H2,1-3H3,(H2,10,11,12);5-7H,4H2,1-3H3,(H2,10,11,12);5-6H,1-4H3,(H2,9,10,11)/t2*5-,6-,7+;/m00./s1. The maximum absolute atomic E-state index is 11.9. The Bertz CT molecular complexity index is 1060. The van der Waals surface area contributed by atoms with E-state index in [1.54, 1.807) is 0 Å². The first-order valence-electron chi connectivity index (χ1n) is 13.7. The number of hydrogen-bond acceptors (Lipinski definition) is 6. The summed E-state index contributed by atoms with van der Waals surface area (Å²) in [5, 5.41) is 17.1. The topological polar surface area (TPSA) is 158 Å². The molecule has 8 atom stereocenters. The largest absolute Gasteiger partial charge is 0.334 e. The highest BCUT2D eigenvalue weighted by molar-refractivity contribution is 8.00. The van der Waals surface area contributed by atoms with Crippen molar-refractivity contribution in [2.75, 3.05) is 11.5 Å². The van der Waals surface area contributed by atoms with E-state index in [1.165, 1.54) is 0 Å². The minimum Gasteiger partial charge on any atom is -0.334 e. The Kier molecular flexibility index (Phi) is 8.79. The van der Waals surface area contributed by atoms with Crippen molar-refractivity contribution in [2.24, 2.45) is 16.2 Å². The first kappa shape index (κ1) is 31.6. The molecule has 0 aromatic carbocycles. The lowest BCUT2D eigenvalue weighted by molar-refractivity contribution is 0.240. The molecule has 11 nitrogen and oxygen atoms in total. The number of amides is 6. The summed E-state index contributed by atoms with van der Waals surface area (Å²) in [5.41, 5.74) is 0.0551. The summed E-state index contributed by atoms with van der Waals surface area (Å²) in [6, 6.07) is 0.335. The minimum atomic E-state index is -3.10. The van der Waals surface area contributed by atoms with E-state index in [1.807, 2.05) is 39.5 Å². The lowest BCUT2D eigenvalue weighted by atomic mass is 9.84. The number of hydrogen-bond donors (Lipinski definition) is 6. The average Bonchev–Trinajstić information content (AvgIpc) is 3.47. The summed E-state index contributed by atoms with van der Waals surface area (Å²) in [4.78, 5) is 33.1. The van der Waals surface area contributed by atoms with Crippen LogP contribution in [0.5, 0.6) is 0 Å². The molecule has 5 heterocycles. The van der Waals surface area contributed by atoms with Crippen molar-refractivity contribution in [1.29, 1.82) is 0 Å². The van der Waals surface area contributed by atoms with Gasteiger partial charge in [0.2, 0.25) is 0 Å². The Morgan fingerprint density at radius 2 is 1.18 bits per heavy atom. The molecule has 0 aliphatic carbocycles. The van der Waals surface area contributed by atoms with Crippen molar-refractivity contribution in [3.8, 4) is 0 Å². The minimum absolute atomic E-state index is 0.00421. The highest BCUT2D eigenvalue weighted by Gasteiger charge is 2.56. The lowest BCUT2D eigenvalue weighted by Crippen LogP contribution is -2.46. The molecular formula is C26H48N6O5S2. The van der Waals surface area contributed by atoms with E-state index in [4.69, 9.17) is 0 Å². The third-order valence-electron chi connectivity index (χ3n) is 7.79. The SMILES string of the molecule is CC(C)(C)[C@@H]1SC[C@@H]2NC(=O)N[C@@H]21.CC(C)(C)[C@H]1[C@H]2NC(=O)N[C@H]2CS1(=O)=O.CC1NC(=O)NC1C(C)(C)C. The van der Waals surface area contributed by atoms with E-state index >= 15 is 0 Å². The van der Waals surface area contributed by atoms with Gasteiger partial charge in [-0.3, -0.25) is 0 Å². The van der Waals surface area contributed by atoms with Crippen LogP contribution >= 0.6 is 11.8 Å². The van der Waals surface area contributed by atoms with Gasteiger partial charge in [-0.25, -0.2) is 22.8 Å². The number of thioether (sulfide) groups is 1. The smallest absolute Gasteiger partial charge is 0.315 e. The predicted molar refractivity (Wildman–Crippen MR) is 156 cm³/mol. The van der Waals surface area contributed by atoms with Gasteiger partial charge in [-0.2, -0.15) is 11.8 Å². The van der Waals surface area contributed by atoms with Gasteiger partial charge in [-0.15, -0.1) is 0 Å². The molecule has 0 aromatic heterocycles. The Hall–Kier alpha value is -1.89. The zero-order valence-corrected chi connectivity index (χ0v) is 26.5. The van der Waals surface area contributed by atoms with Crippen molar-refractivity contribution in [2.45, 2.75) is 116 Å². The first-order valence-corrected chi connectivity index (χ1v) is 16.4. The molecule has 6 amide bonds. The number of carbonyl (C=O) groups excluding carboxylic acids is 3. The van der Waals surface area contributed by atoms with Gasteiger partial charge in [-0.05, 0) is 23.2 Å². The molecule has 5 aliphatic rings. The van der Waals surface area contributed by atoms with Crippen molar-refractivity contribution in [3.05, 3.63) is 0 Å². The van der Waals surface area contributed by atoms with Crippen LogP contribution in [0, 0.1) is 16.2 Å². The normalized spacial score (nSPS) is 36.4. The Morgan fingerprint density at radius 3 is 1.62 bits per heavy atom. The zero-order chi connectivity index (χ0) is 29.7. The van der Waals surface area contributed by atoms with Gasteiger partial charge in [0.05, 0.1) is 41.2 Å². The van der Waals surface area contributed by atoms with Crippen molar-refractivity contribution >= 4 is 39.7 Å². The molecule has 5 fully saturated rings. The van der Waals surface area contributed by atoms with E-state index in [2.05, 4.69) is 73.4 Å². The van der Waals surface area contributed by atoms with Crippen molar-refractivity contribution in [1.82, 2.24) is 31.9 Å². The number of carbonyl (C=O) groups is 3. The Labute approximate surface area is 237 Å². The number of sulfone groups is 1. The third-order valence-corrected chi connectivity index (χ3v) is 12.3. The zero-order valence-electron chi connectivity index (χ0n) is 24.9. The average molecular weight is 589 g/mol. The summed E-state index contributed by atoms with van der Waals surface area (Å²) in [6.45, 7) is 20.8. The second-order valence-electron chi connectivity index (χ2n) is 14.5. The second-order valence-corrected chi connectivity index (χ2v) is 17.8. The van der Waals surface area contributed by atoms with Gasteiger partial charge in [-0.1, -0.05) is 62.3 Å². The van der Waals surface area contributed by atoms with E-state index in [-0.39, 0.29) is 64.3 Å². The van der Waals surface area contributed by atoms with Crippen LogP contribution in [0.1, 0.15) is 69.2 Å². The van der Waals surface area contributed by atoms with E-state index in [0.29, 0.717) is 17.3 Å². The molecule has 0 aromatic rings. The van der Waals surface area contributed by atoms with Crippen molar-refractivity contribution < 1.29 is 22.8 Å². The van der Waals surface area contributed by atoms with Crippen LogP contribution in [0.2, 0.25) is 0 Å². The summed E-state index contributed by atoms with van der Waals surface area (Å²) in [5.74, 6) is 1.10. The fourth-order valence-corrected chi connectivity index (χ4v) is 10.7. The molecule has 224 valence electrons. The molecular weight excluding hydrogens is 540 g/mol. The van der Waals surface area contributed by atoms with Crippen molar-refractivity contribution in [3.63, 3.8) is 0 Å². The molecule has 0 saturated carbocycles. The van der Waals surface area contributed by atoms with Gasteiger partial charge >= 0.3 is 18.1 Å². The summed E-state index contributed by atoms with van der Waals surface area (Å²) < 4.78 is 23.9. The molecule has 6 N–H and O–H groups in total.